The first kappa shape index (κ1) is 41.0. The first-order valence-corrected chi connectivity index (χ1v) is 21.3. The van der Waals surface area contributed by atoms with Crippen LogP contribution in [0.2, 0.25) is 0 Å². The Kier molecular flexibility index (Phi) is 12.2. The molecule has 60 heavy (non-hydrogen) atoms. The summed E-state index contributed by atoms with van der Waals surface area (Å²) in [7, 11) is 1.59. The second-order valence-electron chi connectivity index (χ2n) is 17.0. The molecule has 1 aromatic heterocycles. The zero-order chi connectivity index (χ0) is 41.8. The Hall–Kier alpha value is -5.73. The van der Waals surface area contributed by atoms with E-state index in [2.05, 4.69) is 60.7 Å². The maximum Gasteiger partial charge on any atom is 0.339 e. The van der Waals surface area contributed by atoms with Crippen LogP contribution in [0.1, 0.15) is 104 Å². The third-order valence-corrected chi connectivity index (χ3v) is 12.7. The predicted molar refractivity (Wildman–Crippen MR) is 232 cm³/mol. The van der Waals surface area contributed by atoms with Crippen molar-refractivity contribution in [2.24, 2.45) is 5.92 Å². The molecule has 0 radical (unpaired) electrons. The number of hydrogen-bond donors (Lipinski definition) is 0. The molecule has 8 nitrogen and oxygen atoms in total. The minimum Gasteiger partial charge on any atom is -0.483 e. The van der Waals surface area contributed by atoms with E-state index in [0.29, 0.717) is 66.5 Å². The van der Waals surface area contributed by atoms with Crippen molar-refractivity contribution in [3.63, 3.8) is 0 Å². The van der Waals surface area contributed by atoms with E-state index in [4.69, 9.17) is 23.4 Å². The fourth-order valence-electron chi connectivity index (χ4n) is 9.37. The average molecular weight is 807 g/mol. The number of rotatable bonds is 8. The highest BCUT2D eigenvalue weighted by Gasteiger charge is 2.53. The summed E-state index contributed by atoms with van der Waals surface area (Å²) in [5.41, 5.74) is 5.46. The van der Waals surface area contributed by atoms with Gasteiger partial charge in [-0.1, -0.05) is 103 Å². The van der Waals surface area contributed by atoms with Crippen molar-refractivity contribution in [1.29, 1.82) is 0 Å². The summed E-state index contributed by atoms with van der Waals surface area (Å²) in [5.74, 6) is -0.478. The van der Waals surface area contributed by atoms with Crippen LogP contribution in [0.25, 0.3) is 11.0 Å². The lowest BCUT2D eigenvalue weighted by atomic mass is 9.72. The molecule has 4 aliphatic rings. The van der Waals surface area contributed by atoms with Gasteiger partial charge in [-0.25, -0.2) is 9.59 Å². The number of esters is 2. The minimum atomic E-state index is -1.14. The number of aryl methyl sites for hydroxylation is 2. The molecule has 9 rings (SSSR count). The molecule has 4 heterocycles. The van der Waals surface area contributed by atoms with Crippen LogP contribution in [0.3, 0.4) is 0 Å². The molecular formula is C52H54O8. The van der Waals surface area contributed by atoms with Crippen LogP contribution in [-0.4, -0.2) is 37.4 Å². The van der Waals surface area contributed by atoms with Gasteiger partial charge in [0.2, 0.25) is 0 Å². The number of ether oxygens (including phenoxy) is 4. The smallest absolute Gasteiger partial charge is 0.339 e. The summed E-state index contributed by atoms with van der Waals surface area (Å²) in [4.78, 5) is 42.9. The number of carbonyl (C=O) groups is 2. The van der Waals surface area contributed by atoms with Gasteiger partial charge in [-0.2, -0.15) is 0 Å². The Morgan fingerprint density at radius 2 is 1.57 bits per heavy atom. The Balaban J connectivity index is 1.25. The van der Waals surface area contributed by atoms with Gasteiger partial charge >= 0.3 is 17.6 Å². The molecule has 0 fully saturated rings. The van der Waals surface area contributed by atoms with Crippen LogP contribution >= 0.6 is 0 Å². The lowest BCUT2D eigenvalue weighted by Gasteiger charge is -2.45. The highest BCUT2D eigenvalue weighted by molar-refractivity contribution is 5.90. The summed E-state index contributed by atoms with van der Waals surface area (Å²) in [5, 5.41) is 0.639. The van der Waals surface area contributed by atoms with Gasteiger partial charge in [0.15, 0.2) is 12.2 Å². The van der Waals surface area contributed by atoms with E-state index in [9.17, 15) is 14.4 Å². The topological polar surface area (TPSA) is 101 Å². The van der Waals surface area contributed by atoms with Crippen molar-refractivity contribution in [2.45, 2.75) is 102 Å². The Bertz CT molecular complexity index is 2440. The van der Waals surface area contributed by atoms with Gasteiger partial charge in [0.25, 0.3) is 0 Å². The van der Waals surface area contributed by atoms with E-state index in [1.807, 2.05) is 69.3 Å². The van der Waals surface area contributed by atoms with Gasteiger partial charge in [0.1, 0.15) is 16.9 Å². The van der Waals surface area contributed by atoms with Gasteiger partial charge in [-0.15, -0.1) is 0 Å². The predicted octanol–water partition coefficient (Wildman–Crippen LogP) is 10.5. The molecule has 0 amide bonds. The monoisotopic (exact) mass is 806 g/mol. The van der Waals surface area contributed by atoms with Gasteiger partial charge in [0.05, 0.1) is 12.2 Å². The molecule has 310 valence electrons. The maximum absolute atomic E-state index is 14.8. The molecule has 0 saturated heterocycles. The lowest BCUT2D eigenvalue weighted by Crippen LogP contribution is -2.54. The zero-order valence-electron chi connectivity index (χ0n) is 35.0. The Morgan fingerprint density at radius 3 is 2.30 bits per heavy atom. The van der Waals surface area contributed by atoms with Crippen LogP contribution in [-0.2, 0) is 43.1 Å². The van der Waals surface area contributed by atoms with Crippen molar-refractivity contribution in [1.82, 2.24) is 0 Å². The van der Waals surface area contributed by atoms with E-state index in [0.717, 1.165) is 29.5 Å². The molecule has 1 aliphatic carbocycles. The van der Waals surface area contributed by atoms with E-state index < -0.39 is 35.4 Å². The van der Waals surface area contributed by atoms with E-state index in [-0.39, 0.29) is 29.8 Å². The third kappa shape index (κ3) is 8.76. The van der Waals surface area contributed by atoms with Gasteiger partial charge in [-0.3, -0.25) is 4.79 Å². The molecule has 5 aromatic rings. The highest BCUT2D eigenvalue weighted by atomic mass is 16.6. The second kappa shape index (κ2) is 17.9. The molecule has 4 aromatic carbocycles. The van der Waals surface area contributed by atoms with Crippen LogP contribution in [0.5, 0.6) is 5.75 Å². The van der Waals surface area contributed by atoms with Crippen LogP contribution in [0.4, 0.5) is 0 Å². The molecule has 0 N–H and O–H groups in total. The molecular weight excluding hydrogens is 753 g/mol. The average Bonchev–Trinajstić information content (AvgIpc) is 3.24. The van der Waals surface area contributed by atoms with Crippen molar-refractivity contribution < 1.29 is 33.0 Å². The molecule has 0 unspecified atom stereocenters. The lowest BCUT2D eigenvalue weighted by molar-refractivity contribution is -0.192. The summed E-state index contributed by atoms with van der Waals surface area (Å²) < 4.78 is 31.7. The van der Waals surface area contributed by atoms with Crippen LogP contribution in [0.15, 0.2) is 136 Å². The van der Waals surface area contributed by atoms with Crippen LogP contribution < -0.4 is 10.4 Å². The Labute approximate surface area is 352 Å². The van der Waals surface area contributed by atoms with E-state index in [1.54, 1.807) is 13.2 Å². The summed E-state index contributed by atoms with van der Waals surface area (Å²) in [6.07, 6.45) is 6.60. The molecule has 8 heteroatoms. The minimum absolute atomic E-state index is 0.0176. The highest BCUT2D eigenvalue weighted by Crippen LogP contribution is 2.49. The molecule has 2 bridgehead atoms. The first-order valence-electron chi connectivity index (χ1n) is 21.3. The second-order valence-corrected chi connectivity index (χ2v) is 17.0. The summed E-state index contributed by atoms with van der Waals surface area (Å²) in [6.45, 7) is 6.12. The largest absolute Gasteiger partial charge is 0.483 e. The molecule has 0 saturated carbocycles. The van der Waals surface area contributed by atoms with Gasteiger partial charge in [-0.05, 0) is 106 Å². The number of methoxy groups -OCH3 is 1. The summed E-state index contributed by atoms with van der Waals surface area (Å²) in [6, 6.07) is 34.7. The normalized spacial score (nSPS) is 24.1. The van der Waals surface area contributed by atoms with Crippen LogP contribution in [0, 0.1) is 5.92 Å². The first-order chi connectivity index (χ1) is 29.1. The number of allylic oxidation sites excluding steroid dienone is 3. The SMILES string of the molecule is COCCc1cc2ccc3c(c2oc1=O)[C@@H]1OC(=O)C[C@@H]2C[C@H](c4ccccc4)C=C[C@@H]2c2ccc(cc2)CCC(=C(C)C)C(=O)O[C@@H]1[C@](C)(CCCc1ccccc1)O3. The van der Waals surface area contributed by atoms with Crippen molar-refractivity contribution in [3.8, 4) is 5.75 Å². The third-order valence-electron chi connectivity index (χ3n) is 12.7. The summed E-state index contributed by atoms with van der Waals surface area (Å²) >= 11 is 0. The fraction of sp³-hybridized carbons (Fsp3) is 0.365. The molecule has 3 aliphatic heterocycles. The number of hydrogen-bond acceptors (Lipinski definition) is 8. The maximum atomic E-state index is 14.8. The van der Waals surface area contributed by atoms with Crippen molar-refractivity contribution in [2.75, 3.05) is 13.7 Å². The number of benzene rings is 4. The standard InChI is InChI=1S/C52H54O8/c1-33(2)42-24-19-35-17-20-37(21-18-35)43-25-22-38(36-15-9-6-10-16-36)30-41(43)32-45(53)57-48-46-44(26-23-39-31-40(27-29-56-4)50(54)58-47(39)46)60-52(3,49(48)59-51(42)55)28-11-14-34-12-7-5-8-13-34/h5-10,12-13,15-18,20-23,25-26,31,38,41,43,48-49H,11,14,19,24,27-30,32H2,1-4H3/t38-,41+,43-,48+,49+,52+/m1/s1. The fourth-order valence-corrected chi connectivity index (χ4v) is 9.37. The van der Waals surface area contributed by atoms with Gasteiger partial charge in [0, 0.05) is 48.3 Å². The van der Waals surface area contributed by atoms with Crippen molar-refractivity contribution >= 4 is 22.9 Å². The van der Waals surface area contributed by atoms with E-state index in [1.165, 1.54) is 11.1 Å². The quantitative estimate of drug-likeness (QED) is 0.0661. The Morgan fingerprint density at radius 1 is 0.817 bits per heavy atom. The van der Waals surface area contributed by atoms with E-state index >= 15 is 0 Å². The number of carbonyl (C=O) groups excluding carboxylic acids is 2. The zero-order valence-corrected chi connectivity index (χ0v) is 35.0. The number of fused-ring (bicyclic) bond motifs is 11. The molecule has 6 atom stereocenters. The van der Waals surface area contributed by atoms with Crippen molar-refractivity contribution in [3.05, 3.63) is 170 Å². The molecule has 0 spiro atoms. The van der Waals surface area contributed by atoms with Gasteiger partial charge < -0.3 is 23.4 Å².